The van der Waals surface area contributed by atoms with Crippen molar-refractivity contribution in [2.75, 3.05) is 0 Å². The van der Waals surface area contributed by atoms with Crippen LogP contribution in [-0.2, 0) is 11.8 Å². The number of fused-ring (bicyclic) bond motifs is 4. The molecule has 0 amide bonds. The number of hydrogen-bond donors (Lipinski definition) is 0. The Hall–Kier alpha value is -2.67. The Morgan fingerprint density at radius 2 is 1.64 bits per heavy atom. The normalized spacial score (nSPS) is 17.6. The van der Waals surface area contributed by atoms with Crippen molar-refractivity contribution in [2.24, 2.45) is 4.99 Å². The van der Waals surface area contributed by atoms with E-state index in [0.29, 0.717) is 0 Å². The molecule has 0 radical (unpaired) electrons. The third-order valence-corrected chi connectivity index (χ3v) is 7.18. The molecule has 1 heterocycles. The predicted octanol–water partition coefficient (Wildman–Crippen LogP) is 7.12. The first kappa shape index (κ1) is 17.4. The molecule has 1 aliphatic heterocycles. The molecule has 0 saturated carbocycles. The van der Waals surface area contributed by atoms with Gasteiger partial charge in [-0.2, -0.15) is 0 Å². The Morgan fingerprint density at radius 1 is 0.893 bits per heavy atom. The van der Waals surface area contributed by atoms with E-state index in [1.54, 1.807) is 0 Å². The van der Waals surface area contributed by atoms with Crippen LogP contribution >= 0.6 is 0 Å². The van der Waals surface area contributed by atoms with Crippen molar-refractivity contribution in [1.82, 2.24) is 0 Å². The lowest BCUT2D eigenvalue weighted by molar-refractivity contribution is 0.611. The van der Waals surface area contributed by atoms with E-state index in [-0.39, 0.29) is 5.41 Å². The average Bonchev–Trinajstić information content (AvgIpc) is 3.31. The van der Waals surface area contributed by atoms with Gasteiger partial charge < -0.3 is 0 Å². The molecule has 0 spiro atoms. The summed E-state index contributed by atoms with van der Waals surface area (Å²) in [6.07, 6.45) is 3.45. The summed E-state index contributed by atoms with van der Waals surface area (Å²) < 4.78 is 0. The van der Waals surface area contributed by atoms with E-state index < -0.39 is 0 Å². The molecule has 0 saturated heterocycles. The van der Waals surface area contributed by atoms with Gasteiger partial charge in [0.2, 0.25) is 0 Å². The first-order chi connectivity index (χ1) is 13.3. The monoisotopic (exact) mass is 365 g/mol. The maximum Gasteiger partial charge on any atom is 0.0750 e. The fraction of sp³-hybridized carbons (Fsp3) is 0.296. The van der Waals surface area contributed by atoms with E-state index in [2.05, 4.69) is 84.0 Å². The van der Waals surface area contributed by atoms with Crippen molar-refractivity contribution in [3.63, 3.8) is 0 Å². The number of rotatable bonds is 2. The SMILES string of the molecule is CC1=C(C)C(C)=C2C1=Nc1cc(C)c(C(C)(C)C3=Cc4ccccc4C3)cc12. The van der Waals surface area contributed by atoms with Gasteiger partial charge in [-0.3, -0.25) is 0 Å². The molecular weight excluding hydrogens is 338 g/mol. The third kappa shape index (κ3) is 2.22. The van der Waals surface area contributed by atoms with Crippen LogP contribution in [0.15, 0.2) is 63.7 Å². The minimum absolute atomic E-state index is 0.00846. The van der Waals surface area contributed by atoms with Crippen LogP contribution in [0, 0.1) is 6.92 Å². The Bertz CT molecular complexity index is 1180. The maximum absolute atomic E-state index is 5.00. The number of aryl methyl sites for hydroxylation is 1. The van der Waals surface area contributed by atoms with Gasteiger partial charge in [-0.15, -0.1) is 0 Å². The molecule has 0 fully saturated rings. The summed E-state index contributed by atoms with van der Waals surface area (Å²) in [7, 11) is 0. The molecule has 2 aromatic rings. The van der Waals surface area contributed by atoms with Crippen LogP contribution in [0.2, 0.25) is 0 Å². The lowest BCUT2D eigenvalue weighted by atomic mass is 9.74. The molecule has 28 heavy (non-hydrogen) atoms. The molecule has 140 valence electrons. The lowest BCUT2D eigenvalue weighted by Gasteiger charge is -2.30. The van der Waals surface area contributed by atoms with Crippen molar-refractivity contribution in [1.29, 1.82) is 0 Å². The van der Waals surface area contributed by atoms with Crippen LogP contribution < -0.4 is 0 Å². The molecule has 2 aromatic carbocycles. The largest absolute Gasteiger partial charge is 0.247 e. The second kappa shape index (κ2) is 5.67. The van der Waals surface area contributed by atoms with Crippen LogP contribution in [0.1, 0.15) is 62.4 Å². The van der Waals surface area contributed by atoms with E-state index in [4.69, 9.17) is 4.99 Å². The molecule has 0 aromatic heterocycles. The quantitative estimate of drug-likeness (QED) is 0.537. The summed E-state index contributed by atoms with van der Waals surface area (Å²) in [4.78, 5) is 5.00. The minimum atomic E-state index is -0.00846. The maximum atomic E-state index is 5.00. The highest BCUT2D eigenvalue weighted by molar-refractivity contribution is 6.39. The molecular formula is C27H27N. The number of aliphatic imine (C=N–C) groups is 1. The zero-order chi connectivity index (χ0) is 19.8. The van der Waals surface area contributed by atoms with Crippen LogP contribution in [0.4, 0.5) is 5.69 Å². The summed E-state index contributed by atoms with van der Waals surface area (Å²) in [6.45, 7) is 13.7. The number of hydrogen-bond acceptors (Lipinski definition) is 1. The van der Waals surface area contributed by atoms with Gasteiger partial charge in [0.1, 0.15) is 0 Å². The van der Waals surface area contributed by atoms with Crippen LogP contribution in [0.3, 0.4) is 0 Å². The Morgan fingerprint density at radius 3 is 2.39 bits per heavy atom. The number of benzene rings is 2. The van der Waals surface area contributed by atoms with Gasteiger partial charge in [0.25, 0.3) is 0 Å². The van der Waals surface area contributed by atoms with Gasteiger partial charge in [0, 0.05) is 16.6 Å². The van der Waals surface area contributed by atoms with Crippen LogP contribution in [-0.4, -0.2) is 5.71 Å². The third-order valence-electron chi connectivity index (χ3n) is 7.18. The predicted molar refractivity (Wildman–Crippen MR) is 120 cm³/mol. The van der Waals surface area contributed by atoms with Gasteiger partial charge >= 0.3 is 0 Å². The smallest absolute Gasteiger partial charge is 0.0750 e. The molecule has 1 nitrogen and oxygen atoms in total. The van der Waals surface area contributed by atoms with Gasteiger partial charge in [0.15, 0.2) is 0 Å². The summed E-state index contributed by atoms with van der Waals surface area (Å²) >= 11 is 0. The van der Waals surface area contributed by atoms with Crippen molar-refractivity contribution in [3.05, 3.63) is 86.5 Å². The summed E-state index contributed by atoms with van der Waals surface area (Å²) in [5.74, 6) is 0. The van der Waals surface area contributed by atoms with E-state index in [1.807, 2.05) is 0 Å². The zero-order valence-corrected chi connectivity index (χ0v) is 17.7. The van der Waals surface area contributed by atoms with Crippen LogP contribution in [0.5, 0.6) is 0 Å². The van der Waals surface area contributed by atoms with E-state index in [1.165, 1.54) is 61.4 Å². The van der Waals surface area contributed by atoms with E-state index in [9.17, 15) is 0 Å². The summed E-state index contributed by atoms with van der Waals surface area (Å²) in [5.41, 5.74) is 16.2. The van der Waals surface area contributed by atoms with Gasteiger partial charge in [-0.25, -0.2) is 4.99 Å². The van der Waals surface area contributed by atoms with Gasteiger partial charge in [-0.1, -0.05) is 49.8 Å². The molecule has 0 atom stereocenters. The second-order valence-corrected chi connectivity index (χ2v) is 9.06. The van der Waals surface area contributed by atoms with Crippen molar-refractivity contribution >= 4 is 23.0 Å². The molecule has 5 rings (SSSR count). The topological polar surface area (TPSA) is 12.4 Å². The highest BCUT2D eigenvalue weighted by Gasteiger charge is 2.35. The molecule has 0 N–H and O–H groups in total. The van der Waals surface area contributed by atoms with Gasteiger partial charge in [0.05, 0.1) is 11.4 Å². The highest BCUT2D eigenvalue weighted by atomic mass is 14.8. The Labute approximate surface area is 168 Å². The standard InChI is InChI=1S/C27H27N/c1-15-11-24-22(25-17(3)16(2)18(4)26(25)28-24)14-23(15)27(5,6)21-12-19-9-7-8-10-20(19)13-21/h7-12,14H,13H2,1-6H3. The highest BCUT2D eigenvalue weighted by Crippen LogP contribution is 2.48. The number of allylic oxidation sites excluding steroid dienone is 5. The molecule has 2 aliphatic carbocycles. The summed E-state index contributed by atoms with van der Waals surface area (Å²) in [6, 6.07) is 13.5. The lowest BCUT2D eigenvalue weighted by Crippen LogP contribution is -2.22. The van der Waals surface area contributed by atoms with Crippen LogP contribution in [0.25, 0.3) is 11.6 Å². The molecule has 0 unspecified atom stereocenters. The van der Waals surface area contributed by atoms with Gasteiger partial charge in [-0.05, 0) is 85.2 Å². The average molecular weight is 366 g/mol. The van der Waals surface area contributed by atoms with Crippen molar-refractivity contribution in [2.45, 2.75) is 53.4 Å². The molecule has 3 aliphatic rings. The second-order valence-electron chi connectivity index (χ2n) is 9.06. The van der Waals surface area contributed by atoms with E-state index >= 15 is 0 Å². The fourth-order valence-electron chi connectivity index (χ4n) is 5.11. The Balaban J connectivity index is 1.62. The first-order valence-corrected chi connectivity index (χ1v) is 10.2. The van der Waals surface area contributed by atoms with Crippen molar-refractivity contribution in [3.8, 4) is 0 Å². The van der Waals surface area contributed by atoms with Crippen molar-refractivity contribution < 1.29 is 0 Å². The molecule has 0 bridgehead atoms. The first-order valence-electron chi connectivity index (χ1n) is 10.2. The Kier molecular flexibility index (Phi) is 3.53. The minimum Gasteiger partial charge on any atom is -0.247 e. The van der Waals surface area contributed by atoms with E-state index in [0.717, 1.165) is 12.1 Å². The number of nitrogens with zero attached hydrogens (tertiary/aromatic N) is 1. The summed E-state index contributed by atoms with van der Waals surface area (Å²) in [5, 5.41) is 0. The zero-order valence-electron chi connectivity index (χ0n) is 17.7. The molecule has 1 heteroatoms. The fourth-order valence-corrected chi connectivity index (χ4v) is 5.11.